The summed E-state index contributed by atoms with van der Waals surface area (Å²) >= 11 is 3.18. The van der Waals surface area contributed by atoms with Crippen LogP contribution < -0.4 is 5.48 Å². The average molecular weight is 362 g/mol. The highest BCUT2D eigenvalue weighted by atomic mass is 32.2. The molecule has 1 saturated heterocycles. The molecule has 5 nitrogen and oxygen atoms in total. The Hall–Kier alpha value is -1.67. The van der Waals surface area contributed by atoms with Crippen molar-refractivity contribution in [1.29, 1.82) is 0 Å². The maximum Gasteiger partial charge on any atom is 0.261 e. The van der Waals surface area contributed by atoms with Crippen LogP contribution >= 0.6 is 23.3 Å². The molecule has 0 aliphatic carbocycles. The molecule has 1 atom stereocenters. The predicted octanol–water partition coefficient (Wildman–Crippen LogP) is 3.35. The van der Waals surface area contributed by atoms with Gasteiger partial charge in [-0.15, -0.1) is 11.3 Å². The third-order valence-electron chi connectivity index (χ3n) is 4.02. The topological polar surface area (TPSA) is 69.6 Å². The minimum atomic E-state index is -0.354. The van der Waals surface area contributed by atoms with E-state index in [2.05, 4.69) is 0 Å². The van der Waals surface area contributed by atoms with E-state index in [0.29, 0.717) is 12.1 Å². The molecule has 1 aliphatic heterocycles. The predicted molar refractivity (Wildman–Crippen MR) is 96.1 cm³/mol. The second kappa shape index (κ2) is 7.94. The van der Waals surface area contributed by atoms with E-state index >= 15 is 0 Å². The molecule has 1 aromatic carbocycles. The quantitative estimate of drug-likeness (QED) is 0.369. The van der Waals surface area contributed by atoms with E-state index in [4.69, 9.17) is 5.21 Å². The molecule has 126 valence electrons. The second-order valence-corrected chi connectivity index (χ2v) is 7.61. The molecule has 1 fully saturated rings. The molecule has 24 heavy (non-hydrogen) atoms. The van der Waals surface area contributed by atoms with E-state index in [0.717, 1.165) is 40.9 Å². The van der Waals surface area contributed by atoms with Crippen molar-refractivity contribution in [2.45, 2.75) is 25.4 Å². The molecule has 1 amide bonds. The van der Waals surface area contributed by atoms with Crippen molar-refractivity contribution in [3.63, 3.8) is 0 Å². The number of thiophene rings is 1. The van der Waals surface area contributed by atoms with Gasteiger partial charge in [0.15, 0.2) is 6.29 Å². The molecule has 2 N–H and O–H groups in total. The lowest BCUT2D eigenvalue weighted by molar-refractivity contribution is -0.133. The largest absolute Gasteiger partial charge is 0.298 e. The fourth-order valence-electron chi connectivity index (χ4n) is 2.77. The first kappa shape index (κ1) is 17.2. The minimum absolute atomic E-state index is 0.313. The van der Waals surface area contributed by atoms with Gasteiger partial charge < -0.3 is 0 Å². The zero-order chi connectivity index (χ0) is 16.9. The summed E-state index contributed by atoms with van der Waals surface area (Å²) in [4.78, 5) is 23.8. The van der Waals surface area contributed by atoms with E-state index in [9.17, 15) is 9.59 Å². The van der Waals surface area contributed by atoms with Crippen LogP contribution in [0, 0.1) is 0 Å². The summed E-state index contributed by atoms with van der Waals surface area (Å²) in [5.41, 5.74) is 4.58. The Balaban J connectivity index is 1.73. The van der Waals surface area contributed by atoms with Crippen LogP contribution in [-0.2, 0) is 11.3 Å². The van der Waals surface area contributed by atoms with Gasteiger partial charge in [-0.1, -0.05) is 36.2 Å². The van der Waals surface area contributed by atoms with Crippen molar-refractivity contribution in [2.75, 3.05) is 5.75 Å². The third-order valence-corrected chi connectivity index (χ3v) is 6.18. The van der Waals surface area contributed by atoms with Gasteiger partial charge in [0.25, 0.3) is 5.91 Å². The zero-order valence-corrected chi connectivity index (χ0v) is 14.6. The lowest BCUT2D eigenvalue weighted by Crippen LogP contribution is -2.44. The minimum Gasteiger partial charge on any atom is -0.298 e. The van der Waals surface area contributed by atoms with Gasteiger partial charge in [-0.25, -0.2) is 9.79 Å². The molecule has 1 aromatic heterocycles. The number of benzene rings is 1. The van der Waals surface area contributed by atoms with Gasteiger partial charge in [0.2, 0.25) is 0 Å². The third kappa shape index (κ3) is 3.70. The maximum atomic E-state index is 11.8. The lowest BCUT2D eigenvalue weighted by atomic mass is 10.1. The summed E-state index contributed by atoms with van der Waals surface area (Å²) < 4.78 is 2.02. The fourth-order valence-corrected chi connectivity index (χ4v) is 4.80. The van der Waals surface area contributed by atoms with Crippen LogP contribution in [0.4, 0.5) is 0 Å². The number of hydrogen-bond acceptors (Lipinski definition) is 6. The van der Waals surface area contributed by atoms with Crippen LogP contribution in [0.2, 0.25) is 0 Å². The number of hydrogen-bond donors (Lipinski definition) is 2. The number of rotatable bonds is 5. The Morgan fingerprint density at radius 2 is 2.12 bits per heavy atom. The van der Waals surface area contributed by atoms with Gasteiger partial charge in [-0.2, -0.15) is 0 Å². The van der Waals surface area contributed by atoms with Gasteiger partial charge in [-0.3, -0.25) is 14.8 Å². The molecular weight excluding hydrogens is 344 g/mol. The Morgan fingerprint density at radius 1 is 1.33 bits per heavy atom. The highest BCUT2D eigenvalue weighted by Gasteiger charge is 2.29. The summed E-state index contributed by atoms with van der Waals surface area (Å²) in [6.07, 6.45) is 2.59. The molecule has 7 heteroatoms. The van der Waals surface area contributed by atoms with Crippen LogP contribution in [0.5, 0.6) is 0 Å². The Kier molecular flexibility index (Phi) is 5.68. The van der Waals surface area contributed by atoms with Gasteiger partial charge in [0.1, 0.15) is 6.04 Å². The Bertz CT molecular complexity index is 715. The van der Waals surface area contributed by atoms with Crippen LogP contribution in [0.15, 0.2) is 35.7 Å². The summed E-state index contributed by atoms with van der Waals surface area (Å²) in [6, 6.07) is 9.56. The number of amides is 1. The molecule has 0 bridgehead atoms. The van der Waals surface area contributed by atoms with Crippen LogP contribution in [0.1, 0.15) is 28.8 Å². The number of nitrogens with zero attached hydrogens (tertiary/aromatic N) is 1. The highest BCUT2D eigenvalue weighted by molar-refractivity contribution is 7.97. The summed E-state index contributed by atoms with van der Waals surface area (Å²) in [5, 5.41) is 10.8. The molecule has 1 unspecified atom stereocenters. The normalized spacial score (nSPS) is 18.3. The Labute approximate surface area is 148 Å². The van der Waals surface area contributed by atoms with Crippen LogP contribution in [0.3, 0.4) is 0 Å². The SMILES string of the molecule is O=Cc1ccsc1-c1ccc(CN2SCCCC2C(=O)NO)cc1. The first-order valence-corrected chi connectivity index (χ1v) is 9.50. The van der Waals surface area contributed by atoms with E-state index in [1.165, 1.54) is 0 Å². The molecular formula is C17H18N2O3S2. The van der Waals surface area contributed by atoms with Crippen molar-refractivity contribution >= 4 is 35.5 Å². The monoisotopic (exact) mass is 362 g/mol. The molecule has 0 saturated carbocycles. The second-order valence-electron chi connectivity index (χ2n) is 5.56. The van der Waals surface area contributed by atoms with Crippen molar-refractivity contribution < 1.29 is 14.8 Å². The van der Waals surface area contributed by atoms with E-state index < -0.39 is 0 Å². The van der Waals surface area contributed by atoms with Crippen molar-refractivity contribution in [3.8, 4) is 10.4 Å². The van der Waals surface area contributed by atoms with E-state index in [1.807, 2.05) is 40.0 Å². The van der Waals surface area contributed by atoms with Gasteiger partial charge in [-0.05, 0) is 35.4 Å². The summed E-state index contributed by atoms with van der Waals surface area (Å²) in [5.74, 6) is 0.624. The smallest absolute Gasteiger partial charge is 0.261 e. The van der Waals surface area contributed by atoms with Gasteiger partial charge >= 0.3 is 0 Å². The highest BCUT2D eigenvalue weighted by Crippen LogP contribution is 2.31. The Morgan fingerprint density at radius 3 is 2.83 bits per heavy atom. The molecule has 2 aromatic rings. The fraction of sp³-hybridized carbons (Fsp3) is 0.294. The van der Waals surface area contributed by atoms with Gasteiger partial charge in [0, 0.05) is 22.7 Å². The molecule has 0 spiro atoms. The standard InChI is InChI=1S/C17H18N2O3S2/c20-11-14-7-9-23-16(14)13-5-3-12(4-6-13)10-19-15(17(21)18-22)2-1-8-24-19/h3-7,9,11,15,22H,1-2,8,10H2,(H,18,21). The van der Waals surface area contributed by atoms with E-state index in [1.54, 1.807) is 28.8 Å². The average Bonchev–Trinajstić information content (AvgIpc) is 3.11. The van der Waals surface area contributed by atoms with Crippen molar-refractivity contribution in [1.82, 2.24) is 9.79 Å². The van der Waals surface area contributed by atoms with Crippen molar-refractivity contribution in [3.05, 3.63) is 46.8 Å². The van der Waals surface area contributed by atoms with Gasteiger partial charge in [0.05, 0.1) is 0 Å². The molecule has 2 heterocycles. The summed E-state index contributed by atoms with van der Waals surface area (Å²) in [7, 11) is 0. The number of carbonyl (C=O) groups excluding carboxylic acids is 2. The van der Waals surface area contributed by atoms with Crippen LogP contribution in [0.25, 0.3) is 10.4 Å². The molecule has 1 aliphatic rings. The molecule has 0 radical (unpaired) electrons. The lowest BCUT2D eigenvalue weighted by Gasteiger charge is -2.32. The number of carbonyl (C=O) groups is 2. The first-order chi connectivity index (χ1) is 11.7. The molecule has 3 rings (SSSR count). The number of hydroxylamine groups is 1. The summed E-state index contributed by atoms with van der Waals surface area (Å²) in [6.45, 7) is 0.633. The van der Waals surface area contributed by atoms with E-state index in [-0.39, 0.29) is 11.9 Å². The zero-order valence-electron chi connectivity index (χ0n) is 13.0. The number of nitrogens with one attached hydrogen (secondary N) is 1. The number of aldehydes is 1. The van der Waals surface area contributed by atoms with Crippen LogP contribution in [-0.4, -0.2) is 33.5 Å². The van der Waals surface area contributed by atoms with Crippen molar-refractivity contribution in [2.24, 2.45) is 0 Å². The maximum absolute atomic E-state index is 11.8. The first-order valence-electron chi connectivity index (χ1n) is 7.68.